The van der Waals surface area contributed by atoms with E-state index in [2.05, 4.69) is 55.1 Å². The van der Waals surface area contributed by atoms with Crippen LogP contribution < -0.4 is 25.6 Å². The fourth-order valence-corrected chi connectivity index (χ4v) is 5.95. The fraction of sp³-hybridized carbons (Fsp3) is 0.323. The molecule has 10 nitrogen and oxygen atoms in total. The molecule has 0 amide bonds. The van der Waals surface area contributed by atoms with Crippen molar-refractivity contribution in [3.05, 3.63) is 71.9 Å². The lowest BCUT2D eigenvalue weighted by molar-refractivity contribution is 0.234. The van der Waals surface area contributed by atoms with Gasteiger partial charge in [0.2, 0.25) is 11.8 Å². The maximum atomic E-state index is 12.9. The van der Waals surface area contributed by atoms with Crippen molar-refractivity contribution in [2.45, 2.75) is 43.9 Å². The van der Waals surface area contributed by atoms with E-state index in [1.807, 2.05) is 26.0 Å². The van der Waals surface area contributed by atoms with Crippen LogP contribution in [0.2, 0.25) is 5.02 Å². The van der Waals surface area contributed by atoms with Crippen molar-refractivity contribution in [1.82, 2.24) is 20.3 Å². The molecule has 2 aromatic carbocycles. The standard InChI is InChI=1S/C31H36ClN7O3S/c1-20(2)42-30-27(14-13-25(36-30)22-9-11-23(12-10-22)39-17-15-33-16-18-39)37-31-34-19-24(32)29(38-31)35-26-7-5-6-8-28(26)43(40,41)21(3)4/h5-14,19-21,33H,15-18H2,1-4H3,(H2,34,35,37,38). The summed E-state index contributed by atoms with van der Waals surface area (Å²) < 4.78 is 31.9. The van der Waals surface area contributed by atoms with E-state index >= 15 is 0 Å². The summed E-state index contributed by atoms with van der Waals surface area (Å²) in [4.78, 5) is 16.2. The third-order valence-corrected chi connectivity index (χ3v) is 9.40. The number of hydrogen-bond donors (Lipinski definition) is 3. The van der Waals surface area contributed by atoms with Gasteiger partial charge < -0.3 is 25.6 Å². The predicted molar refractivity (Wildman–Crippen MR) is 173 cm³/mol. The molecular formula is C31H36ClN7O3S. The molecule has 4 aromatic rings. The van der Waals surface area contributed by atoms with E-state index in [-0.39, 0.29) is 27.8 Å². The second kappa shape index (κ2) is 13.2. The number of halogens is 1. The number of anilines is 5. The van der Waals surface area contributed by atoms with Crippen molar-refractivity contribution in [3.8, 4) is 17.1 Å². The monoisotopic (exact) mass is 621 g/mol. The summed E-state index contributed by atoms with van der Waals surface area (Å²) in [7, 11) is -3.55. The Hall–Kier alpha value is -3.93. The van der Waals surface area contributed by atoms with E-state index in [4.69, 9.17) is 21.3 Å². The molecule has 3 N–H and O–H groups in total. The number of nitrogens with zero attached hydrogens (tertiary/aromatic N) is 4. The number of ether oxygens (including phenoxy) is 1. The van der Waals surface area contributed by atoms with Gasteiger partial charge in [0.15, 0.2) is 15.7 Å². The highest BCUT2D eigenvalue weighted by Crippen LogP contribution is 2.33. The smallest absolute Gasteiger partial charge is 0.238 e. The number of pyridine rings is 1. The molecule has 0 spiro atoms. The van der Waals surface area contributed by atoms with Crippen LogP contribution in [0.4, 0.5) is 28.8 Å². The van der Waals surface area contributed by atoms with Gasteiger partial charge >= 0.3 is 0 Å². The van der Waals surface area contributed by atoms with Gasteiger partial charge in [-0.2, -0.15) is 4.98 Å². The summed E-state index contributed by atoms with van der Waals surface area (Å²) in [5.74, 6) is 0.894. The van der Waals surface area contributed by atoms with Gasteiger partial charge in [-0.1, -0.05) is 35.9 Å². The van der Waals surface area contributed by atoms with Crippen LogP contribution in [0.1, 0.15) is 27.7 Å². The summed E-state index contributed by atoms with van der Waals surface area (Å²) in [5.41, 5.74) is 3.89. The molecule has 1 aliphatic rings. The highest BCUT2D eigenvalue weighted by Gasteiger charge is 2.23. The van der Waals surface area contributed by atoms with Crippen molar-refractivity contribution in [2.75, 3.05) is 41.7 Å². The molecule has 1 saturated heterocycles. The number of rotatable bonds is 10. The van der Waals surface area contributed by atoms with Crippen LogP contribution in [0, 0.1) is 0 Å². The van der Waals surface area contributed by atoms with E-state index in [1.165, 1.54) is 11.9 Å². The minimum Gasteiger partial charge on any atom is -0.473 e. The van der Waals surface area contributed by atoms with Crippen LogP contribution in [0.5, 0.6) is 5.88 Å². The number of para-hydroxylation sites is 1. The van der Waals surface area contributed by atoms with E-state index in [0.717, 1.165) is 37.4 Å². The highest BCUT2D eigenvalue weighted by molar-refractivity contribution is 7.92. The number of benzene rings is 2. The first-order valence-corrected chi connectivity index (χ1v) is 16.2. The Bertz CT molecular complexity index is 1680. The van der Waals surface area contributed by atoms with Crippen molar-refractivity contribution in [2.24, 2.45) is 0 Å². The average molecular weight is 622 g/mol. The molecule has 0 radical (unpaired) electrons. The number of nitrogens with one attached hydrogen (secondary N) is 3. The molecule has 226 valence electrons. The Kier molecular flexibility index (Phi) is 9.34. The molecule has 1 fully saturated rings. The second-order valence-corrected chi connectivity index (χ2v) is 13.6. The van der Waals surface area contributed by atoms with Gasteiger partial charge in [0.05, 0.1) is 33.8 Å². The first kappa shape index (κ1) is 30.5. The van der Waals surface area contributed by atoms with Crippen molar-refractivity contribution in [1.29, 1.82) is 0 Å². The maximum absolute atomic E-state index is 12.9. The van der Waals surface area contributed by atoms with E-state index in [0.29, 0.717) is 17.3 Å². The Morgan fingerprint density at radius 1 is 0.907 bits per heavy atom. The lowest BCUT2D eigenvalue weighted by atomic mass is 10.1. The zero-order chi connectivity index (χ0) is 30.6. The van der Waals surface area contributed by atoms with Crippen LogP contribution in [-0.2, 0) is 9.84 Å². The maximum Gasteiger partial charge on any atom is 0.238 e. The summed E-state index contributed by atoms with van der Waals surface area (Å²) >= 11 is 6.42. The zero-order valence-electron chi connectivity index (χ0n) is 24.6. The van der Waals surface area contributed by atoms with Crippen LogP contribution in [0.25, 0.3) is 11.3 Å². The van der Waals surface area contributed by atoms with Gasteiger partial charge in [-0.25, -0.2) is 18.4 Å². The molecule has 0 bridgehead atoms. The third kappa shape index (κ3) is 7.18. The summed E-state index contributed by atoms with van der Waals surface area (Å²) in [6.07, 6.45) is 1.32. The molecule has 5 rings (SSSR count). The summed E-state index contributed by atoms with van der Waals surface area (Å²) in [6, 6.07) is 18.8. The first-order valence-electron chi connectivity index (χ1n) is 14.2. The van der Waals surface area contributed by atoms with Gasteiger partial charge in [-0.3, -0.25) is 0 Å². The summed E-state index contributed by atoms with van der Waals surface area (Å²) in [5, 5.41) is 9.29. The van der Waals surface area contributed by atoms with E-state index in [1.54, 1.807) is 38.1 Å². The van der Waals surface area contributed by atoms with Gasteiger partial charge in [0.1, 0.15) is 10.7 Å². The molecule has 0 unspecified atom stereocenters. The minimum atomic E-state index is -3.55. The van der Waals surface area contributed by atoms with E-state index in [9.17, 15) is 8.42 Å². The molecular weight excluding hydrogens is 586 g/mol. The third-order valence-electron chi connectivity index (χ3n) is 6.91. The van der Waals surface area contributed by atoms with Gasteiger partial charge in [-0.15, -0.1) is 0 Å². The predicted octanol–water partition coefficient (Wildman–Crippen LogP) is 6.06. The van der Waals surface area contributed by atoms with Crippen LogP contribution in [0.3, 0.4) is 0 Å². The Morgan fingerprint density at radius 2 is 1.63 bits per heavy atom. The average Bonchev–Trinajstić information content (AvgIpc) is 3.00. The van der Waals surface area contributed by atoms with E-state index < -0.39 is 15.1 Å². The highest BCUT2D eigenvalue weighted by atomic mass is 35.5. The fourth-order valence-electron chi connectivity index (χ4n) is 4.61. The molecule has 0 aliphatic carbocycles. The molecule has 2 aromatic heterocycles. The van der Waals surface area contributed by atoms with Crippen LogP contribution in [0.15, 0.2) is 71.8 Å². The van der Waals surface area contributed by atoms with Crippen LogP contribution in [-0.4, -0.2) is 60.9 Å². The molecule has 0 saturated carbocycles. The number of sulfone groups is 1. The Balaban J connectivity index is 1.40. The number of piperazine rings is 1. The lowest BCUT2D eigenvalue weighted by Gasteiger charge is -2.29. The van der Waals surface area contributed by atoms with Crippen molar-refractivity contribution < 1.29 is 13.2 Å². The topological polar surface area (TPSA) is 121 Å². The van der Waals surface area contributed by atoms with Crippen LogP contribution >= 0.6 is 11.6 Å². The van der Waals surface area contributed by atoms with Gasteiger partial charge in [0.25, 0.3) is 0 Å². The Morgan fingerprint density at radius 3 is 2.33 bits per heavy atom. The molecule has 0 atom stereocenters. The second-order valence-electron chi connectivity index (χ2n) is 10.7. The SMILES string of the molecule is CC(C)Oc1nc(-c2ccc(N3CCNCC3)cc2)ccc1Nc1ncc(Cl)c(Nc2ccccc2S(=O)(=O)C(C)C)n1. The van der Waals surface area contributed by atoms with Gasteiger partial charge in [0, 0.05) is 37.4 Å². The van der Waals surface area contributed by atoms with Gasteiger partial charge in [-0.05, 0) is 64.1 Å². The molecule has 3 heterocycles. The first-order chi connectivity index (χ1) is 20.6. The Labute approximate surface area is 257 Å². The summed E-state index contributed by atoms with van der Waals surface area (Å²) in [6.45, 7) is 11.1. The quantitative estimate of drug-likeness (QED) is 0.193. The molecule has 43 heavy (non-hydrogen) atoms. The number of hydrogen-bond acceptors (Lipinski definition) is 10. The normalized spacial score (nSPS) is 13.8. The largest absolute Gasteiger partial charge is 0.473 e. The lowest BCUT2D eigenvalue weighted by Crippen LogP contribution is -2.43. The van der Waals surface area contributed by atoms with Crippen molar-refractivity contribution in [3.63, 3.8) is 0 Å². The minimum absolute atomic E-state index is 0.124. The zero-order valence-corrected chi connectivity index (χ0v) is 26.2. The molecule has 12 heteroatoms. The molecule has 1 aliphatic heterocycles. The number of aromatic nitrogens is 3. The van der Waals surface area contributed by atoms with Crippen molar-refractivity contribution >= 4 is 50.3 Å².